The number of carbonyl (C=O) groups is 2. The van der Waals surface area contributed by atoms with E-state index in [2.05, 4.69) is 36.3 Å². The van der Waals surface area contributed by atoms with Gasteiger partial charge in [0.1, 0.15) is 0 Å². The van der Waals surface area contributed by atoms with E-state index in [-0.39, 0.29) is 11.8 Å². The summed E-state index contributed by atoms with van der Waals surface area (Å²) in [6, 6.07) is 17.7. The number of nitrogens with one attached hydrogen (secondary N) is 1. The van der Waals surface area contributed by atoms with E-state index in [1.165, 1.54) is 5.56 Å². The van der Waals surface area contributed by atoms with Gasteiger partial charge in [0, 0.05) is 18.4 Å². The van der Waals surface area contributed by atoms with Crippen molar-refractivity contribution in [2.75, 3.05) is 16.8 Å². The lowest BCUT2D eigenvalue weighted by molar-refractivity contribution is -0.118. The van der Waals surface area contributed by atoms with Crippen LogP contribution in [0.5, 0.6) is 0 Å². The minimum atomic E-state index is -0.225. The molecule has 4 rings (SSSR count). The van der Waals surface area contributed by atoms with Crippen molar-refractivity contribution >= 4 is 23.2 Å². The first-order chi connectivity index (χ1) is 15.4. The van der Waals surface area contributed by atoms with Gasteiger partial charge in [-0.05, 0) is 54.5 Å². The molecule has 5 heteroatoms. The van der Waals surface area contributed by atoms with Crippen LogP contribution in [0, 0.1) is 6.92 Å². The van der Waals surface area contributed by atoms with Crippen molar-refractivity contribution in [3.63, 3.8) is 0 Å². The van der Waals surface area contributed by atoms with E-state index in [0.29, 0.717) is 24.4 Å². The van der Waals surface area contributed by atoms with Gasteiger partial charge in [0.25, 0.3) is 5.91 Å². The number of nitrogens with zero attached hydrogens (tertiary/aromatic N) is 2. The maximum atomic E-state index is 13.2. The van der Waals surface area contributed by atoms with Crippen molar-refractivity contribution in [1.29, 1.82) is 0 Å². The Morgan fingerprint density at radius 2 is 1.84 bits per heavy atom. The van der Waals surface area contributed by atoms with Gasteiger partial charge < -0.3 is 10.2 Å². The highest BCUT2D eigenvalue weighted by Crippen LogP contribution is 2.28. The maximum Gasteiger partial charge on any atom is 0.257 e. The summed E-state index contributed by atoms with van der Waals surface area (Å²) in [6.07, 6.45) is 3.61. The minimum absolute atomic E-state index is 0.0292. The summed E-state index contributed by atoms with van der Waals surface area (Å²) in [4.78, 5) is 32.3. The molecule has 0 saturated carbocycles. The zero-order valence-corrected chi connectivity index (χ0v) is 18.9. The summed E-state index contributed by atoms with van der Waals surface area (Å²) in [5, 5.41) is 2.95. The van der Waals surface area contributed by atoms with E-state index in [1.54, 1.807) is 17.2 Å². The Kier molecular flexibility index (Phi) is 6.35. The van der Waals surface area contributed by atoms with Gasteiger partial charge in [0.05, 0.1) is 23.4 Å². The summed E-state index contributed by atoms with van der Waals surface area (Å²) < 4.78 is 0. The number of anilines is 2. The molecule has 3 aromatic rings. The molecule has 2 amide bonds. The molecule has 2 aromatic carbocycles. The molecule has 32 heavy (non-hydrogen) atoms. The number of aryl methyl sites for hydroxylation is 2. The highest BCUT2D eigenvalue weighted by molar-refractivity contribution is 6.06. The third kappa shape index (κ3) is 4.72. The predicted molar refractivity (Wildman–Crippen MR) is 128 cm³/mol. The van der Waals surface area contributed by atoms with Gasteiger partial charge in [-0.1, -0.05) is 56.3 Å². The van der Waals surface area contributed by atoms with Crippen LogP contribution in [0.25, 0.3) is 0 Å². The number of hydrogen-bond donors (Lipinski definition) is 1. The van der Waals surface area contributed by atoms with Crippen LogP contribution in [0.4, 0.5) is 11.4 Å². The number of benzene rings is 2. The molecule has 0 aliphatic carbocycles. The molecule has 2 heterocycles. The predicted octanol–water partition coefficient (Wildman–Crippen LogP) is 5.29. The first-order valence-electron chi connectivity index (χ1n) is 11.2. The van der Waals surface area contributed by atoms with Crippen LogP contribution in [-0.4, -0.2) is 23.3 Å². The first kappa shape index (κ1) is 21.8. The zero-order valence-electron chi connectivity index (χ0n) is 18.9. The molecule has 0 bridgehead atoms. The Morgan fingerprint density at radius 3 is 2.56 bits per heavy atom. The maximum absolute atomic E-state index is 13.2. The number of carbonyl (C=O) groups excluding carboxylic acids is 2. The van der Waals surface area contributed by atoms with Crippen LogP contribution in [0.2, 0.25) is 0 Å². The van der Waals surface area contributed by atoms with Crippen molar-refractivity contribution < 1.29 is 9.59 Å². The number of aromatic nitrogens is 1. The molecule has 0 atom stereocenters. The van der Waals surface area contributed by atoms with Crippen molar-refractivity contribution in [3.8, 4) is 0 Å². The van der Waals surface area contributed by atoms with Crippen molar-refractivity contribution in [2.45, 2.75) is 46.0 Å². The summed E-state index contributed by atoms with van der Waals surface area (Å²) in [6.45, 7) is 6.91. The second-order valence-electron chi connectivity index (χ2n) is 8.68. The standard InChI is InChI=1S/C27H29N3O2/c1-18(2)21-12-10-20(11-13-21)15-26(31)30-14-6-9-24-25(30)16-22(17-28-24)27(32)29-23-8-5-4-7-19(23)3/h4-5,7-8,10-13,16-18H,6,9,14-15H2,1-3H3,(H,29,32). The third-order valence-electron chi connectivity index (χ3n) is 5.99. The summed E-state index contributed by atoms with van der Waals surface area (Å²) >= 11 is 0. The molecule has 0 unspecified atom stereocenters. The molecule has 1 aliphatic rings. The molecule has 1 N–H and O–H groups in total. The molecule has 1 aliphatic heterocycles. The number of fused-ring (bicyclic) bond motifs is 1. The molecular formula is C27H29N3O2. The number of rotatable bonds is 5. The summed E-state index contributed by atoms with van der Waals surface area (Å²) in [5.41, 5.74) is 6.09. The van der Waals surface area contributed by atoms with Crippen molar-refractivity contribution in [1.82, 2.24) is 4.98 Å². The van der Waals surface area contributed by atoms with Crippen LogP contribution < -0.4 is 10.2 Å². The van der Waals surface area contributed by atoms with E-state index in [0.717, 1.165) is 41.0 Å². The first-order valence-corrected chi connectivity index (χ1v) is 11.2. The number of amides is 2. The van der Waals surface area contributed by atoms with Gasteiger partial charge in [-0.2, -0.15) is 0 Å². The zero-order chi connectivity index (χ0) is 22.7. The van der Waals surface area contributed by atoms with Crippen LogP contribution in [0.1, 0.15) is 58.9 Å². The Morgan fingerprint density at radius 1 is 1.09 bits per heavy atom. The Balaban J connectivity index is 1.53. The van der Waals surface area contributed by atoms with Gasteiger partial charge in [-0.15, -0.1) is 0 Å². The lowest BCUT2D eigenvalue weighted by atomic mass is 10.00. The Bertz CT molecular complexity index is 1140. The highest BCUT2D eigenvalue weighted by atomic mass is 16.2. The van der Waals surface area contributed by atoms with E-state index in [9.17, 15) is 9.59 Å². The van der Waals surface area contributed by atoms with E-state index >= 15 is 0 Å². The Hall–Kier alpha value is -3.47. The molecule has 0 radical (unpaired) electrons. The molecule has 164 valence electrons. The fourth-order valence-corrected chi connectivity index (χ4v) is 4.01. The van der Waals surface area contributed by atoms with Gasteiger partial charge in [-0.25, -0.2) is 0 Å². The topological polar surface area (TPSA) is 62.3 Å². The molecule has 0 fully saturated rings. The van der Waals surface area contributed by atoms with Gasteiger partial charge >= 0.3 is 0 Å². The van der Waals surface area contributed by atoms with Crippen LogP contribution in [0.15, 0.2) is 60.8 Å². The highest BCUT2D eigenvalue weighted by Gasteiger charge is 2.25. The second kappa shape index (κ2) is 9.35. The fourth-order valence-electron chi connectivity index (χ4n) is 4.01. The number of para-hydroxylation sites is 1. The number of pyridine rings is 1. The molecule has 5 nitrogen and oxygen atoms in total. The lowest BCUT2D eigenvalue weighted by Crippen LogP contribution is -2.37. The van der Waals surface area contributed by atoms with E-state index < -0.39 is 0 Å². The average Bonchev–Trinajstić information content (AvgIpc) is 2.80. The SMILES string of the molecule is Cc1ccccc1NC(=O)c1cnc2c(c1)N(C(=O)Cc1ccc(C(C)C)cc1)CCC2. The van der Waals surface area contributed by atoms with E-state index in [1.807, 2.05) is 43.3 Å². The lowest BCUT2D eigenvalue weighted by Gasteiger charge is -2.29. The van der Waals surface area contributed by atoms with Crippen LogP contribution in [0.3, 0.4) is 0 Å². The minimum Gasteiger partial charge on any atom is -0.322 e. The normalized spacial score (nSPS) is 13.1. The van der Waals surface area contributed by atoms with Gasteiger partial charge in [0.15, 0.2) is 0 Å². The summed E-state index contributed by atoms with van der Waals surface area (Å²) in [7, 11) is 0. The third-order valence-corrected chi connectivity index (χ3v) is 5.99. The molecule has 1 aromatic heterocycles. The second-order valence-corrected chi connectivity index (χ2v) is 8.68. The largest absolute Gasteiger partial charge is 0.322 e. The summed E-state index contributed by atoms with van der Waals surface area (Å²) in [5.74, 6) is 0.266. The average molecular weight is 428 g/mol. The van der Waals surface area contributed by atoms with Crippen molar-refractivity contribution in [2.24, 2.45) is 0 Å². The van der Waals surface area contributed by atoms with Crippen LogP contribution >= 0.6 is 0 Å². The fraction of sp³-hybridized carbons (Fsp3) is 0.296. The smallest absolute Gasteiger partial charge is 0.257 e. The number of hydrogen-bond acceptors (Lipinski definition) is 3. The van der Waals surface area contributed by atoms with Crippen LogP contribution in [-0.2, 0) is 17.6 Å². The van der Waals surface area contributed by atoms with Gasteiger partial charge in [0.2, 0.25) is 5.91 Å². The van der Waals surface area contributed by atoms with Gasteiger partial charge in [-0.3, -0.25) is 14.6 Å². The monoisotopic (exact) mass is 427 g/mol. The quantitative estimate of drug-likeness (QED) is 0.602. The molecule has 0 spiro atoms. The van der Waals surface area contributed by atoms with Crippen molar-refractivity contribution in [3.05, 3.63) is 88.7 Å². The Labute approximate surface area is 189 Å². The molecule has 0 saturated heterocycles. The molecular weight excluding hydrogens is 398 g/mol. The van der Waals surface area contributed by atoms with E-state index in [4.69, 9.17) is 0 Å².